The van der Waals surface area contributed by atoms with Gasteiger partial charge in [0.25, 0.3) is 0 Å². The zero-order chi connectivity index (χ0) is 12.7. The third-order valence-corrected chi connectivity index (χ3v) is 4.23. The lowest BCUT2D eigenvalue weighted by atomic mass is 9.88. The van der Waals surface area contributed by atoms with Crippen LogP contribution in [0.25, 0.3) is 0 Å². The maximum absolute atomic E-state index is 6.01. The smallest absolute Gasteiger partial charge is 0.0709 e. The number of nitrogens with two attached hydrogens (primary N) is 1. The molecule has 0 aromatic rings. The first-order valence-electron chi connectivity index (χ1n) is 7.66. The normalized spacial score (nSPS) is 26.8. The molecular weight excluding hydrogens is 208 g/mol. The zero-order valence-corrected chi connectivity index (χ0v) is 12.2. The molecule has 0 spiro atoms. The Morgan fingerprint density at radius 3 is 1.94 bits per heavy atom. The number of unbranched alkanes of at least 4 members (excludes halogenated alkanes) is 5. The van der Waals surface area contributed by atoms with E-state index in [2.05, 4.69) is 25.7 Å². The number of hydrogen-bond donors (Lipinski definition) is 1. The average Bonchev–Trinajstić information content (AvgIpc) is 3.03. The van der Waals surface area contributed by atoms with E-state index in [4.69, 9.17) is 5.73 Å². The first-order chi connectivity index (χ1) is 8.14. The minimum absolute atomic E-state index is 0.354. The summed E-state index contributed by atoms with van der Waals surface area (Å²) >= 11 is 0. The lowest BCUT2D eigenvalue weighted by Crippen LogP contribution is -2.37. The Labute approximate surface area is 108 Å². The molecule has 2 heteroatoms. The van der Waals surface area contributed by atoms with Crippen molar-refractivity contribution in [2.45, 2.75) is 90.3 Å². The summed E-state index contributed by atoms with van der Waals surface area (Å²) in [6.07, 6.45) is 12.6. The number of hydrogen-bond acceptors (Lipinski definition) is 2. The molecule has 1 rings (SSSR count). The van der Waals surface area contributed by atoms with Crippen molar-refractivity contribution in [3.05, 3.63) is 0 Å². The van der Waals surface area contributed by atoms with Crippen LogP contribution in [0.1, 0.15) is 78.6 Å². The van der Waals surface area contributed by atoms with Crippen molar-refractivity contribution in [1.82, 2.24) is 4.90 Å². The average molecular weight is 240 g/mol. The van der Waals surface area contributed by atoms with Gasteiger partial charge in [-0.15, -0.1) is 0 Å². The molecule has 0 radical (unpaired) electrons. The van der Waals surface area contributed by atoms with Crippen molar-refractivity contribution in [1.29, 1.82) is 0 Å². The quantitative estimate of drug-likeness (QED) is 0.463. The zero-order valence-electron chi connectivity index (χ0n) is 12.2. The SMILES string of the molecule is CCCCCCC(C)(CCCCC)N1CC1N. The molecule has 0 aromatic heterocycles. The largest absolute Gasteiger partial charge is 0.315 e. The Kier molecular flexibility index (Phi) is 6.50. The Balaban J connectivity index is 2.31. The van der Waals surface area contributed by atoms with E-state index in [0.29, 0.717) is 11.7 Å². The van der Waals surface area contributed by atoms with E-state index in [-0.39, 0.29) is 0 Å². The van der Waals surface area contributed by atoms with Gasteiger partial charge in [0, 0.05) is 12.1 Å². The summed E-state index contributed by atoms with van der Waals surface area (Å²) in [5.74, 6) is 0. The van der Waals surface area contributed by atoms with Crippen molar-refractivity contribution in [3.63, 3.8) is 0 Å². The molecule has 0 aliphatic carbocycles. The lowest BCUT2D eigenvalue weighted by Gasteiger charge is -2.32. The molecular formula is C15H32N2. The van der Waals surface area contributed by atoms with E-state index < -0.39 is 0 Å². The molecule has 3 atom stereocenters. The third kappa shape index (κ3) is 4.97. The Hall–Kier alpha value is -0.0800. The van der Waals surface area contributed by atoms with E-state index in [1.807, 2.05) is 0 Å². The molecule has 2 N–H and O–H groups in total. The fourth-order valence-electron chi connectivity index (χ4n) is 2.88. The topological polar surface area (TPSA) is 29.0 Å². The van der Waals surface area contributed by atoms with Gasteiger partial charge in [0.2, 0.25) is 0 Å². The van der Waals surface area contributed by atoms with Gasteiger partial charge in [-0.3, -0.25) is 4.90 Å². The van der Waals surface area contributed by atoms with Gasteiger partial charge in [-0.2, -0.15) is 0 Å². The summed E-state index contributed by atoms with van der Waals surface area (Å²) in [4.78, 5) is 2.51. The molecule has 2 nitrogen and oxygen atoms in total. The van der Waals surface area contributed by atoms with Gasteiger partial charge >= 0.3 is 0 Å². The highest BCUT2D eigenvalue weighted by Crippen LogP contribution is 2.35. The number of rotatable bonds is 10. The van der Waals surface area contributed by atoms with Crippen LogP contribution in [0.5, 0.6) is 0 Å². The fraction of sp³-hybridized carbons (Fsp3) is 1.00. The van der Waals surface area contributed by atoms with Crippen LogP contribution in [-0.2, 0) is 0 Å². The van der Waals surface area contributed by atoms with Gasteiger partial charge in [-0.05, 0) is 19.8 Å². The molecule has 1 saturated heterocycles. The van der Waals surface area contributed by atoms with Gasteiger partial charge in [-0.1, -0.05) is 58.8 Å². The van der Waals surface area contributed by atoms with Crippen LogP contribution in [0, 0.1) is 0 Å². The van der Waals surface area contributed by atoms with Gasteiger partial charge < -0.3 is 5.73 Å². The molecule has 0 bridgehead atoms. The lowest BCUT2D eigenvalue weighted by molar-refractivity contribution is 0.190. The van der Waals surface area contributed by atoms with Crippen LogP contribution >= 0.6 is 0 Å². The third-order valence-electron chi connectivity index (χ3n) is 4.23. The molecule has 1 aliphatic heterocycles. The molecule has 1 fully saturated rings. The minimum atomic E-state index is 0.354. The molecule has 1 heterocycles. The van der Waals surface area contributed by atoms with Crippen molar-refractivity contribution < 1.29 is 0 Å². The summed E-state index contributed by atoms with van der Waals surface area (Å²) in [6.45, 7) is 8.11. The van der Waals surface area contributed by atoms with Crippen LogP contribution < -0.4 is 5.73 Å². The van der Waals surface area contributed by atoms with Crippen molar-refractivity contribution in [2.24, 2.45) is 5.73 Å². The summed E-state index contributed by atoms with van der Waals surface area (Å²) in [5.41, 5.74) is 6.40. The van der Waals surface area contributed by atoms with Crippen LogP contribution in [0.4, 0.5) is 0 Å². The fourth-order valence-corrected chi connectivity index (χ4v) is 2.88. The van der Waals surface area contributed by atoms with Gasteiger partial charge in [-0.25, -0.2) is 0 Å². The van der Waals surface area contributed by atoms with Gasteiger partial charge in [0.05, 0.1) is 6.17 Å². The second-order valence-electron chi connectivity index (χ2n) is 5.98. The second kappa shape index (κ2) is 7.38. The van der Waals surface area contributed by atoms with Crippen molar-refractivity contribution in [3.8, 4) is 0 Å². The predicted octanol–water partition coefficient (Wildman–Crippen LogP) is 3.90. The van der Waals surface area contributed by atoms with Gasteiger partial charge in [0.1, 0.15) is 0 Å². The Morgan fingerprint density at radius 1 is 1.00 bits per heavy atom. The maximum Gasteiger partial charge on any atom is 0.0709 e. The first kappa shape index (κ1) is 15.0. The number of nitrogens with zero attached hydrogens (tertiary/aromatic N) is 1. The minimum Gasteiger partial charge on any atom is -0.315 e. The highest BCUT2D eigenvalue weighted by molar-refractivity contribution is 4.98. The summed E-state index contributed by atoms with van der Waals surface area (Å²) < 4.78 is 0. The van der Waals surface area contributed by atoms with E-state index in [1.165, 1.54) is 57.8 Å². The molecule has 0 amide bonds. The summed E-state index contributed by atoms with van der Waals surface area (Å²) in [7, 11) is 0. The molecule has 17 heavy (non-hydrogen) atoms. The highest BCUT2D eigenvalue weighted by atomic mass is 15.4. The van der Waals surface area contributed by atoms with Crippen molar-refractivity contribution in [2.75, 3.05) is 6.54 Å². The summed E-state index contributed by atoms with van der Waals surface area (Å²) in [6, 6.07) is 0. The van der Waals surface area contributed by atoms with Crippen LogP contribution in [0.2, 0.25) is 0 Å². The molecule has 0 aromatic carbocycles. The van der Waals surface area contributed by atoms with Crippen LogP contribution in [-0.4, -0.2) is 23.1 Å². The van der Waals surface area contributed by atoms with Crippen LogP contribution in [0.3, 0.4) is 0 Å². The van der Waals surface area contributed by atoms with E-state index in [9.17, 15) is 0 Å². The molecule has 1 aliphatic rings. The van der Waals surface area contributed by atoms with E-state index >= 15 is 0 Å². The summed E-state index contributed by atoms with van der Waals surface area (Å²) in [5, 5.41) is 0. The standard InChI is InChI=1S/C15H32N2/c1-4-6-8-10-12-15(3,11-9-7-5-2)17-13-14(17)16/h14H,4-13,16H2,1-3H3. The molecule has 3 unspecified atom stereocenters. The molecule has 102 valence electrons. The van der Waals surface area contributed by atoms with Crippen LogP contribution in [0.15, 0.2) is 0 Å². The predicted molar refractivity (Wildman–Crippen MR) is 76.0 cm³/mol. The highest BCUT2D eigenvalue weighted by Gasteiger charge is 2.43. The second-order valence-corrected chi connectivity index (χ2v) is 5.98. The Bertz CT molecular complexity index is 205. The van der Waals surface area contributed by atoms with E-state index in [1.54, 1.807) is 0 Å². The monoisotopic (exact) mass is 240 g/mol. The molecule has 0 saturated carbocycles. The van der Waals surface area contributed by atoms with Crippen molar-refractivity contribution >= 4 is 0 Å². The Morgan fingerprint density at radius 2 is 1.47 bits per heavy atom. The van der Waals surface area contributed by atoms with Gasteiger partial charge in [0.15, 0.2) is 0 Å². The maximum atomic E-state index is 6.01. The van der Waals surface area contributed by atoms with E-state index in [0.717, 1.165) is 6.54 Å². The first-order valence-corrected chi connectivity index (χ1v) is 7.66.